The Hall–Kier alpha value is -0.970. The number of amides is 1. The second kappa shape index (κ2) is 6.65. The van der Waals surface area contributed by atoms with Gasteiger partial charge in [0.15, 0.2) is 6.10 Å². The molecule has 0 spiro atoms. The predicted molar refractivity (Wildman–Crippen MR) is 87.7 cm³/mol. The minimum atomic E-state index is -0.549. The Morgan fingerprint density at radius 3 is 2.91 bits per heavy atom. The third-order valence-corrected chi connectivity index (χ3v) is 4.97. The summed E-state index contributed by atoms with van der Waals surface area (Å²) < 4.78 is 5.73. The van der Waals surface area contributed by atoms with Gasteiger partial charge in [0.1, 0.15) is 5.75 Å². The van der Waals surface area contributed by atoms with E-state index in [1.54, 1.807) is 25.1 Å². The Labute approximate surface area is 140 Å². The molecule has 1 aromatic rings. The molecule has 2 saturated heterocycles. The van der Waals surface area contributed by atoms with Crippen LogP contribution in [0.1, 0.15) is 19.8 Å². The van der Waals surface area contributed by atoms with E-state index in [1.165, 1.54) is 19.4 Å². The van der Waals surface area contributed by atoms with Crippen LogP contribution < -0.4 is 4.74 Å². The van der Waals surface area contributed by atoms with Gasteiger partial charge in [-0.2, -0.15) is 0 Å². The number of rotatable bonds is 3. The Morgan fingerprint density at radius 1 is 1.32 bits per heavy atom. The van der Waals surface area contributed by atoms with E-state index in [4.69, 9.17) is 27.9 Å². The molecular weight excluding hydrogens is 323 g/mol. The van der Waals surface area contributed by atoms with Crippen LogP contribution in [0.15, 0.2) is 18.2 Å². The molecule has 2 heterocycles. The fourth-order valence-electron chi connectivity index (χ4n) is 3.26. The maximum Gasteiger partial charge on any atom is 0.263 e. The van der Waals surface area contributed by atoms with Gasteiger partial charge < -0.3 is 9.64 Å². The van der Waals surface area contributed by atoms with Crippen LogP contribution in [-0.4, -0.2) is 54.0 Å². The first-order valence-electron chi connectivity index (χ1n) is 7.69. The standard InChI is InChI=1S/C16H20Cl2N2O2/c1-11(22-15-5-4-12(17)9-14(15)18)16(21)20-8-7-19-6-2-3-13(19)10-20/h4-5,9,11,13H,2-3,6-8,10H2,1H3/t11-,13-/m0/s1. The van der Waals surface area contributed by atoms with E-state index < -0.39 is 6.10 Å². The van der Waals surface area contributed by atoms with Crippen molar-refractivity contribution in [3.63, 3.8) is 0 Å². The summed E-state index contributed by atoms with van der Waals surface area (Å²) in [5, 5.41) is 0.974. The predicted octanol–water partition coefficient (Wildman–Crippen LogP) is 3.07. The first-order chi connectivity index (χ1) is 10.5. The van der Waals surface area contributed by atoms with Crippen molar-refractivity contribution < 1.29 is 9.53 Å². The fourth-order valence-corrected chi connectivity index (χ4v) is 3.71. The van der Waals surface area contributed by atoms with Crippen molar-refractivity contribution in [3.05, 3.63) is 28.2 Å². The molecule has 2 atom stereocenters. The number of piperazine rings is 1. The molecule has 0 saturated carbocycles. The summed E-state index contributed by atoms with van der Waals surface area (Å²) in [7, 11) is 0. The molecule has 0 aromatic heterocycles. The van der Waals surface area contributed by atoms with Gasteiger partial charge in [-0.1, -0.05) is 23.2 Å². The van der Waals surface area contributed by atoms with E-state index in [1.807, 2.05) is 4.90 Å². The van der Waals surface area contributed by atoms with Crippen LogP contribution in [0.5, 0.6) is 5.75 Å². The van der Waals surface area contributed by atoms with Gasteiger partial charge in [-0.15, -0.1) is 0 Å². The van der Waals surface area contributed by atoms with Gasteiger partial charge in [-0.05, 0) is 44.5 Å². The highest BCUT2D eigenvalue weighted by atomic mass is 35.5. The number of carbonyl (C=O) groups excluding carboxylic acids is 1. The molecule has 3 rings (SSSR count). The third kappa shape index (κ3) is 3.34. The number of ether oxygens (including phenoxy) is 1. The van der Waals surface area contributed by atoms with E-state index in [9.17, 15) is 4.79 Å². The lowest BCUT2D eigenvalue weighted by Gasteiger charge is -2.38. The second-order valence-corrected chi connectivity index (χ2v) is 6.79. The highest BCUT2D eigenvalue weighted by molar-refractivity contribution is 6.35. The maximum atomic E-state index is 12.6. The number of nitrogens with zero attached hydrogens (tertiary/aromatic N) is 2. The van der Waals surface area contributed by atoms with Crippen molar-refractivity contribution in [2.24, 2.45) is 0 Å². The van der Waals surface area contributed by atoms with E-state index in [0.717, 1.165) is 19.6 Å². The molecule has 22 heavy (non-hydrogen) atoms. The zero-order valence-electron chi connectivity index (χ0n) is 12.6. The molecule has 2 fully saturated rings. The highest BCUT2D eigenvalue weighted by Crippen LogP contribution is 2.29. The van der Waals surface area contributed by atoms with Crippen molar-refractivity contribution in [3.8, 4) is 5.75 Å². The summed E-state index contributed by atoms with van der Waals surface area (Å²) >= 11 is 12.0. The van der Waals surface area contributed by atoms with Crippen LogP contribution in [0.25, 0.3) is 0 Å². The van der Waals surface area contributed by atoms with Gasteiger partial charge in [0.25, 0.3) is 5.91 Å². The molecule has 0 bridgehead atoms. The molecule has 2 aliphatic heterocycles. The molecule has 0 unspecified atom stereocenters. The zero-order valence-corrected chi connectivity index (χ0v) is 14.1. The van der Waals surface area contributed by atoms with Crippen LogP contribution in [0.2, 0.25) is 10.0 Å². The molecule has 0 aliphatic carbocycles. The third-order valence-electron chi connectivity index (χ3n) is 4.44. The monoisotopic (exact) mass is 342 g/mol. The average Bonchev–Trinajstić information content (AvgIpc) is 2.96. The second-order valence-electron chi connectivity index (χ2n) is 5.95. The smallest absolute Gasteiger partial charge is 0.263 e. The molecular formula is C16H20Cl2N2O2. The lowest BCUT2D eigenvalue weighted by molar-refractivity contribution is -0.140. The van der Waals surface area contributed by atoms with Crippen molar-refractivity contribution in [2.45, 2.75) is 31.9 Å². The number of hydrogen-bond acceptors (Lipinski definition) is 3. The van der Waals surface area contributed by atoms with E-state index in [-0.39, 0.29) is 5.91 Å². The van der Waals surface area contributed by atoms with Gasteiger partial charge in [-0.3, -0.25) is 9.69 Å². The maximum absolute atomic E-state index is 12.6. The van der Waals surface area contributed by atoms with E-state index >= 15 is 0 Å². The minimum Gasteiger partial charge on any atom is -0.479 e. The van der Waals surface area contributed by atoms with Crippen LogP contribution in [-0.2, 0) is 4.79 Å². The van der Waals surface area contributed by atoms with Gasteiger partial charge >= 0.3 is 0 Å². The normalized spacial score (nSPS) is 23.2. The highest BCUT2D eigenvalue weighted by Gasteiger charge is 2.34. The zero-order chi connectivity index (χ0) is 15.7. The quantitative estimate of drug-likeness (QED) is 0.846. The molecule has 120 valence electrons. The Bertz CT molecular complexity index is 567. The van der Waals surface area contributed by atoms with Crippen molar-refractivity contribution >= 4 is 29.1 Å². The average molecular weight is 343 g/mol. The summed E-state index contributed by atoms with van der Waals surface area (Å²) in [6, 6.07) is 5.54. The van der Waals surface area contributed by atoms with Gasteiger partial charge in [0.2, 0.25) is 0 Å². The van der Waals surface area contributed by atoms with E-state index in [2.05, 4.69) is 4.90 Å². The fraction of sp³-hybridized carbons (Fsp3) is 0.562. The van der Waals surface area contributed by atoms with Crippen LogP contribution in [0, 0.1) is 0 Å². The number of fused-ring (bicyclic) bond motifs is 1. The summed E-state index contributed by atoms with van der Waals surface area (Å²) in [4.78, 5) is 17.0. The summed E-state index contributed by atoms with van der Waals surface area (Å²) in [6.45, 7) is 5.48. The minimum absolute atomic E-state index is 0.0255. The van der Waals surface area contributed by atoms with Crippen LogP contribution in [0.4, 0.5) is 0 Å². The van der Waals surface area contributed by atoms with Crippen molar-refractivity contribution in [2.75, 3.05) is 26.2 Å². The molecule has 1 amide bonds. The van der Waals surface area contributed by atoms with Crippen molar-refractivity contribution in [1.29, 1.82) is 0 Å². The van der Waals surface area contributed by atoms with Gasteiger partial charge in [-0.25, -0.2) is 0 Å². The molecule has 4 nitrogen and oxygen atoms in total. The number of hydrogen-bond donors (Lipinski definition) is 0. The number of benzene rings is 1. The molecule has 0 radical (unpaired) electrons. The first-order valence-corrected chi connectivity index (χ1v) is 8.45. The lowest BCUT2D eigenvalue weighted by atomic mass is 10.1. The van der Waals surface area contributed by atoms with Crippen LogP contribution in [0.3, 0.4) is 0 Å². The van der Waals surface area contributed by atoms with Gasteiger partial charge in [0.05, 0.1) is 5.02 Å². The van der Waals surface area contributed by atoms with E-state index in [0.29, 0.717) is 21.8 Å². The molecule has 2 aliphatic rings. The Morgan fingerprint density at radius 2 is 2.14 bits per heavy atom. The largest absolute Gasteiger partial charge is 0.479 e. The molecule has 1 aromatic carbocycles. The summed E-state index contributed by atoms with van der Waals surface area (Å²) in [5.74, 6) is 0.518. The first kappa shape index (κ1) is 15.9. The van der Waals surface area contributed by atoms with Crippen molar-refractivity contribution in [1.82, 2.24) is 9.80 Å². The summed E-state index contributed by atoms with van der Waals surface area (Å²) in [5.41, 5.74) is 0. The summed E-state index contributed by atoms with van der Waals surface area (Å²) in [6.07, 6.45) is 1.87. The SMILES string of the molecule is C[C@H](Oc1ccc(Cl)cc1Cl)C(=O)N1CCN2CCC[C@H]2C1. The lowest BCUT2D eigenvalue weighted by Crippen LogP contribution is -2.54. The molecule has 0 N–H and O–H groups in total. The molecule has 6 heteroatoms. The Kier molecular flexibility index (Phi) is 4.81. The van der Waals surface area contributed by atoms with Gasteiger partial charge in [0, 0.05) is 30.7 Å². The topological polar surface area (TPSA) is 32.8 Å². The number of carbonyl (C=O) groups is 1. The number of halogens is 2. The van der Waals surface area contributed by atoms with Crippen LogP contribution >= 0.6 is 23.2 Å². The Balaban J connectivity index is 1.62.